The topological polar surface area (TPSA) is 99.5 Å². The van der Waals surface area contributed by atoms with Crippen LogP contribution in [0.15, 0.2) is 157 Å². The normalized spacial score (nSPS) is 11.8. The molecule has 0 radical (unpaired) electrons. The van der Waals surface area contributed by atoms with Crippen LogP contribution in [0.5, 0.6) is 17.2 Å². The van der Waals surface area contributed by atoms with E-state index in [0.717, 1.165) is 16.7 Å². The van der Waals surface area contributed by atoms with Crippen molar-refractivity contribution in [2.24, 2.45) is 0 Å². The van der Waals surface area contributed by atoms with Gasteiger partial charge >= 0.3 is 6.09 Å². The monoisotopic (exact) mass is 696 g/mol. The first kappa shape index (κ1) is 35.7. The third kappa shape index (κ3) is 7.61. The van der Waals surface area contributed by atoms with Gasteiger partial charge in [-0.2, -0.15) is 0 Å². The Morgan fingerprint density at radius 1 is 0.692 bits per heavy atom. The summed E-state index contributed by atoms with van der Waals surface area (Å²) in [5, 5.41) is 11.5. The van der Waals surface area contributed by atoms with Crippen LogP contribution in [0.2, 0.25) is 0 Å². The van der Waals surface area contributed by atoms with Crippen LogP contribution in [-0.4, -0.2) is 42.7 Å². The molecule has 5 aromatic carbocycles. The minimum atomic E-state index is -1.13. The summed E-state index contributed by atoms with van der Waals surface area (Å²) in [4.78, 5) is 28.2. The summed E-state index contributed by atoms with van der Waals surface area (Å²) in [7, 11) is 3.23. The molecule has 9 heteroatoms. The van der Waals surface area contributed by atoms with Crippen molar-refractivity contribution >= 4 is 17.5 Å². The van der Waals surface area contributed by atoms with Crippen LogP contribution in [0.3, 0.4) is 0 Å². The number of carbonyl (C=O) groups excluding carboxylic acids is 1. The number of anilines is 2. The smallest absolute Gasteiger partial charge is 0.424 e. The number of amides is 1. The van der Waals surface area contributed by atoms with E-state index in [1.165, 1.54) is 11.0 Å². The number of hydrogen-bond acceptors (Lipinski definition) is 7. The van der Waals surface area contributed by atoms with E-state index in [4.69, 9.17) is 18.9 Å². The molecule has 1 N–H and O–H groups in total. The van der Waals surface area contributed by atoms with E-state index in [1.807, 2.05) is 115 Å². The molecule has 0 unspecified atom stereocenters. The van der Waals surface area contributed by atoms with Gasteiger partial charge in [0, 0.05) is 12.3 Å². The first-order chi connectivity index (χ1) is 25.3. The summed E-state index contributed by atoms with van der Waals surface area (Å²) < 4.78 is 25.2. The van der Waals surface area contributed by atoms with E-state index in [-0.39, 0.29) is 18.9 Å². The average Bonchev–Trinajstić information content (AvgIpc) is 3.19. The number of ether oxygens (including phenoxy) is 4. The van der Waals surface area contributed by atoms with Gasteiger partial charge in [-0.15, -0.1) is 0 Å². The number of aliphatic hydroxyl groups excluding tert-OH is 1. The minimum absolute atomic E-state index is 0.0494. The second kappa shape index (κ2) is 16.2. The summed E-state index contributed by atoms with van der Waals surface area (Å²) in [6.07, 6.45) is -0.206. The minimum Gasteiger partial charge on any atom is -0.497 e. The van der Waals surface area contributed by atoms with Gasteiger partial charge in [0.05, 0.1) is 50.5 Å². The van der Waals surface area contributed by atoms with E-state index in [2.05, 4.69) is 0 Å². The zero-order chi connectivity index (χ0) is 36.5. The molecule has 1 atom stereocenters. The van der Waals surface area contributed by atoms with Crippen LogP contribution in [0.1, 0.15) is 22.4 Å². The molecule has 9 nitrogen and oxygen atoms in total. The van der Waals surface area contributed by atoms with Crippen molar-refractivity contribution in [2.75, 3.05) is 25.7 Å². The number of aromatic nitrogens is 1. The molecule has 0 saturated heterocycles. The fourth-order valence-electron chi connectivity index (χ4n) is 6.20. The first-order valence-electron chi connectivity index (χ1n) is 16.8. The summed E-state index contributed by atoms with van der Waals surface area (Å²) in [6.45, 7) is 1.63. The number of rotatable bonds is 13. The lowest BCUT2D eigenvalue weighted by Gasteiger charge is -2.37. The quantitative estimate of drug-likeness (QED) is 0.123. The standard InChI is InChI=1S/C43H40N2O7/c1-31-41(52-42(48)45(35-15-9-5-10-16-35)36-17-11-6-12-18-36)40(47)27-28-44(31)29-37(46)30-51-43(32-13-7-4-8-14-32,33-19-23-38(49-2)24-20-33)34-21-25-39(50-3)26-22-34/h4-28,37,46H,29-30H2,1-3H3/t37-/m0/s1. The van der Waals surface area contributed by atoms with Crippen LogP contribution in [0.4, 0.5) is 16.2 Å². The number of pyridine rings is 1. The predicted molar refractivity (Wildman–Crippen MR) is 201 cm³/mol. The van der Waals surface area contributed by atoms with Crippen molar-refractivity contribution in [3.05, 3.63) is 184 Å². The number of carbonyl (C=O) groups is 1. The highest BCUT2D eigenvalue weighted by Gasteiger charge is 2.38. The number of para-hydroxylation sites is 2. The van der Waals surface area contributed by atoms with Gasteiger partial charge < -0.3 is 28.6 Å². The maximum absolute atomic E-state index is 13.7. The number of benzene rings is 5. The SMILES string of the molecule is COc1ccc(C(OC[C@@H](O)Cn2ccc(=O)c(OC(=O)N(c3ccccc3)c3ccccc3)c2C)(c2ccccc2)c2ccc(OC)cc2)cc1. The molecule has 6 rings (SSSR count). The number of aliphatic hydroxyl groups is 1. The van der Waals surface area contributed by atoms with Crippen molar-refractivity contribution < 1.29 is 28.8 Å². The average molecular weight is 697 g/mol. The summed E-state index contributed by atoms with van der Waals surface area (Å²) in [6, 6.07) is 44.5. The maximum atomic E-state index is 13.7. The largest absolute Gasteiger partial charge is 0.497 e. The number of nitrogens with zero attached hydrogens (tertiary/aromatic N) is 2. The molecule has 52 heavy (non-hydrogen) atoms. The van der Waals surface area contributed by atoms with E-state index >= 15 is 0 Å². The maximum Gasteiger partial charge on any atom is 0.424 e. The molecule has 0 aliphatic carbocycles. The fraction of sp³-hybridized carbons (Fsp3) is 0.163. The molecule has 1 aromatic heterocycles. The molecular weight excluding hydrogens is 656 g/mol. The third-order valence-corrected chi connectivity index (χ3v) is 8.86. The Bertz CT molecular complexity index is 2030. The molecule has 0 fully saturated rings. The zero-order valence-electron chi connectivity index (χ0n) is 29.2. The predicted octanol–water partition coefficient (Wildman–Crippen LogP) is 7.88. The molecule has 6 aromatic rings. The summed E-state index contributed by atoms with van der Waals surface area (Å²) in [5.74, 6) is 1.26. The Morgan fingerprint density at radius 3 is 1.63 bits per heavy atom. The molecule has 1 amide bonds. The Balaban J connectivity index is 1.29. The lowest BCUT2D eigenvalue weighted by atomic mass is 9.80. The van der Waals surface area contributed by atoms with Crippen LogP contribution in [0, 0.1) is 6.92 Å². The van der Waals surface area contributed by atoms with Gasteiger partial charge in [0.15, 0.2) is 5.75 Å². The molecule has 0 saturated carbocycles. The van der Waals surface area contributed by atoms with E-state index < -0.39 is 23.2 Å². The molecule has 0 bridgehead atoms. The molecular formula is C43H40N2O7. The highest BCUT2D eigenvalue weighted by molar-refractivity contribution is 5.97. The molecule has 264 valence electrons. The molecule has 0 spiro atoms. The van der Waals surface area contributed by atoms with Crippen LogP contribution in [-0.2, 0) is 16.9 Å². The van der Waals surface area contributed by atoms with Crippen molar-refractivity contribution in [3.63, 3.8) is 0 Å². The number of hydrogen-bond donors (Lipinski definition) is 1. The molecule has 0 aliphatic heterocycles. The van der Waals surface area contributed by atoms with Gasteiger partial charge in [0.1, 0.15) is 17.1 Å². The van der Waals surface area contributed by atoms with Crippen molar-refractivity contribution in [1.29, 1.82) is 0 Å². The zero-order valence-corrected chi connectivity index (χ0v) is 29.2. The van der Waals surface area contributed by atoms with Crippen LogP contribution >= 0.6 is 0 Å². The van der Waals surface area contributed by atoms with Gasteiger partial charge in [0.25, 0.3) is 0 Å². The summed E-state index contributed by atoms with van der Waals surface area (Å²) in [5.41, 5.74) is 2.45. The second-order valence-electron chi connectivity index (χ2n) is 12.1. The Labute approximate surface area is 302 Å². The lowest BCUT2D eigenvalue weighted by Crippen LogP contribution is -2.37. The van der Waals surface area contributed by atoms with Crippen molar-refractivity contribution in [3.8, 4) is 17.2 Å². The lowest BCUT2D eigenvalue weighted by molar-refractivity contribution is -0.0425. The van der Waals surface area contributed by atoms with Gasteiger partial charge in [0.2, 0.25) is 5.43 Å². The van der Waals surface area contributed by atoms with Gasteiger partial charge in [-0.1, -0.05) is 91.0 Å². The van der Waals surface area contributed by atoms with Crippen LogP contribution < -0.4 is 24.5 Å². The Kier molecular flexibility index (Phi) is 11.1. The van der Waals surface area contributed by atoms with Crippen molar-refractivity contribution in [2.45, 2.75) is 25.2 Å². The Morgan fingerprint density at radius 2 is 1.15 bits per heavy atom. The van der Waals surface area contributed by atoms with Gasteiger partial charge in [-0.25, -0.2) is 9.69 Å². The fourth-order valence-corrected chi connectivity index (χ4v) is 6.20. The van der Waals surface area contributed by atoms with Gasteiger partial charge in [-0.3, -0.25) is 4.79 Å². The van der Waals surface area contributed by atoms with Gasteiger partial charge in [-0.05, 0) is 72.1 Å². The highest BCUT2D eigenvalue weighted by atomic mass is 16.6. The van der Waals surface area contributed by atoms with E-state index in [0.29, 0.717) is 28.6 Å². The second-order valence-corrected chi connectivity index (χ2v) is 12.1. The summed E-state index contributed by atoms with van der Waals surface area (Å²) >= 11 is 0. The van der Waals surface area contributed by atoms with E-state index in [1.54, 1.807) is 56.2 Å². The molecule has 0 aliphatic rings. The molecule has 1 heterocycles. The van der Waals surface area contributed by atoms with Crippen LogP contribution in [0.25, 0.3) is 0 Å². The first-order valence-corrected chi connectivity index (χ1v) is 16.8. The highest BCUT2D eigenvalue weighted by Crippen LogP contribution is 2.42. The van der Waals surface area contributed by atoms with Crippen molar-refractivity contribution in [1.82, 2.24) is 4.57 Å². The van der Waals surface area contributed by atoms with E-state index in [9.17, 15) is 14.7 Å². The number of methoxy groups -OCH3 is 2. The third-order valence-electron chi connectivity index (χ3n) is 8.86. The Hall–Kier alpha value is -6.16.